The number of aliphatic hydroxyl groups is 2. The summed E-state index contributed by atoms with van der Waals surface area (Å²) in [6.07, 6.45) is -6.44. The summed E-state index contributed by atoms with van der Waals surface area (Å²) in [5.74, 6) is -2.04. The SMILES string of the molecule is COC(=O)[C@@H](O)[C@H](O[C@@H](C#N)c1ccccc1)O[C@H](CO)C(=O)OC. The van der Waals surface area contributed by atoms with Crippen LogP contribution < -0.4 is 0 Å². The van der Waals surface area contributed by atoms with Gasteiger partial charge >= 0.3 is 11.9 Å². The van der Waals surface area contributed by atoms with E-state index in [2.05, 4.69) is 9.47 Å². The summed E-state index contributed by atoms with van der Waals surface area (Å²) < 4.78 is 19.3. The van der Waals surface area contributed by atoms with Gasteiger partial charge in [-0.05, 0) is 5.56 Å². The van der Waals surface area contributed by atoms with Crippen molar-refractivity contribution in [2.75, 3.05) is 20.8 Å². The maximum absolute atomic E-state index is 11.6. The topological polar surface area (TPSA) is 135 Å². The van der Waals surface area contributed by atoms with Crippen molar-refractivity contribution < 1.29 is 38.7 Å². The van der Waals surface area contributed by atoms with Gasteiger partial charge in [-0.2, -0.15) is 5.26 Å². The summed E-state index contributed by atoms with van der Waals surface area (Å²) in [7, 11) is 2.11. The first kappa shape index (κ1) is 20.5. The zero-order valence-corrected chi connectivity index (χ0v) is 13.7. The van der Waals surface area contributed by atoms with Gasteiger partial charge < -0.3 is 29.2 Å². The van der Waals surface area contributed by atoms with E-state index in [-0.39, 0.29) is 0 Å². The van der Waals surface area contributed by atoms with Crippen LogP contribution in [0.2, 0.25) is 0 Å². The van der Waals surface area contributed by atoms with Crippen molar-refractivity contribution in [1.29, 1.82) is 5.26 Å². The van der Waals surface area contributed by atoms with Gasteiger partial charge in [0, 0.05) is 0 Å². The molecule has 0 aliphatic carbocycles. The van der Waals surface area contributed by atoms with Crippen LogP contribution in [0.3, 0.4) is 0 Å². The molecule has 4 atom stereocenters. The average Bonchev–Trinajstić information content (AvgIpc) is 2.67. The fraction of sp³-hybridized carbons (Fsp3) is 0.438. The van der Waals surface area contributed by atoms with Gasteiger partial charge in [-0.25, -0.2) is 9.59 Å². The first-order chi connectivity index (χ1) is 12.0. The molecular formula is C16H19NO8. The van der Waals surface area contributed by atoms with Crippen molar-refractivity contribution in [2.45, 2.75) is 24.6 Å². The van der Waals surface area contributed by atoms with Crippen molar-refractivity contribution in [1.82, 2.24) is 0 Å². The van der Waals surface area contributed by atoms with E-state index in [0.29, 0.717) is 5.56 Å². The molecule has 0 spiro atoms. The van der Waals surface area contributed by atoms with Crippen LogP contribution >= 0.6 is 0 Å². The maximum atomic E-state index is 11.6. The van der Waals surface area contributed by atoms with Gasteiger partial charge in [0.25, 0.3) is 0 Å². The molecule has 2 N–H and O–H groups in total. The van der Waals surface area contributed by atoms with E-state index in [9.17, 15) is 25.1 Å². The quantitative estimate of drug-likeness (QED) is 0.452. The van der Waals surface area contributed by atoms with Crippen molar-refractivity contribution in [3.05, 3.63) is 35.9 Å². The van der Waals surface area contributed by atoms with E-state index < -0.39 is 43.1 Å². The zero-order chi connectivity index (χ0) is 18.8. The van der Waals surface area contributed by atoms with Gasteiger partial charge in [0.05, 0.1) is 26.9 Å². The minimum absolute atomic E-state index is 0.439. The third-order valence-electron chi connectivity index (χ3n) is 3.12. The molecule has 25 heavy (non-hydrogen) atoms. The molecule has 9 nitrogen and oxygen atoms in total. The summed E-state index contributed by atoms with van der Waals surface area (Å²) >= 11 is 0. The molecule has 0 unspecified atom stereocenters. The number of esters is 2. The number of ether oxygens (including phenoxy) is 4. The smallest absolute Gasteiger partial charge is 0.340 e. The van der Waals surface area contributed by atoms with Gasteiger partial charge in [-0.3, -0.25) is 0 Å². The van der Waals surface area contributed by atoms with Gasteiger partial charge in [-0.1, -0.05) is 30.3 Å². The molecule has 0 saturated heterocycles. The Labute approximate surface area is 144 Å². The Morgan fingerprint density at radius 1 is 1.12 bits per heavy atom. The third kappa shape index (κ3) is 5.81. The molecule has 136 valence electrons. The number of hydrogen-bond donors (Lipinski definition) is 2. The van der Waals surface area contributed by atoms with E-state index in [1.54, 1.807) is 30.3 Å². The van der Waals surface area contributed by atoms with Crippen LogP contribution in [0.5, 0.6) is 0 Å². The van der Waals surface area contributed by atoms with Crippen molar-refractivity contribution in [2.24, 2.45) is 0 Å². The number of rotatable bonds is 9. The van der Waals surface area contributed by atoms with Gasteiger partial charge in [0.1, 0.15) is 0 Å². The minimum atomic E-state index is -1.96. The van der Waals surface area contributed by atoms with E-state index in [1.807, 2.05) is 6.07 Å². The predicted octanol–water partition coefficient (Wildman–Crippen LogP) is -0.322. The molecule has 0 heterocycles. The van der Waals surface area contributed by atoms with Gasteiger partial charge in [0.15, 0.2) is 18.5 Å². The molecule has 0 aliphatic heterocycles. The standard InChI is InChI=1S/C16H19NO8/c1-22-14(20)12(9-18)25-16(13(19)15(21)23-2)24-11(8-17)10-6-4-3-5-7-10/h3-7,11-13,16,18-19H,9H2,1-2H3/t11-,12+,13+,16+/m0/s1. The fourth-order valence-electron chi connectivity index (χ4n) is 1.82. The van der Waals surface area contributed by atoms with Crippen LogP contribution in [0.15, 0.2) is 30.3 Å². The highest BCUT2D eigenvalue weighted by Gasteiger charge is 2.36. The van der Waals surface area contributed by atoms with Crippen LogP contribution in [0.25, 0.3) is 0 Å². The van der Waals surface area contributed by atoms with Gasteiger partial charge in [0.2, 0.25) is 6.10 Å². The summed E-state index contributed by atoms with van der Waals surface area (Å²) in [6.45, 7) is -0.789. The lowest BCUT2D eigenvalue weighted by Gasteiger charge is -2.27. The Morgan fingerprint density at radius 3 is 2.20 bits per heavy atom. The lowest BCUT2D eigenvalue weighted by molar-refractivity contribution is -0.240. The Balaban J connectivity index is 3.03. The summed E-state index contributed by atoms with van der Waals surface area (Å²) in [5, 5.41) is 28.5. The van der Waals surface area contributed by atoms with Crippen molar-refractivity contribution in [3.63, 3.8) is 0 Å². The minimum Gasteiger partial charge on any atom is -0.467 e. The Morgan fingerprint density at radius 2 is 1.72 bits per heavy atom. The number of nitriles is 1. The molecule has 1 aromatic carbocycles. The second-order valence-corrected chi connectivity index (χ2v) is 4.72. The largest absolute Gasteiger partial charge is 0.467 e. The second kappa shape index (κ2) is 10.4. The van der Waals surface area contributed by atoms with Crippen LogP contribution in [0.4, 0.5) is 0 Å². The summed E-state index contributed by atoms with van der Waals surface area (Å²) in [6, 6.07) is 10.1. The highest BCUT2D eigenvalue weighted by molar-refractivity contribution is 5.76. The van der Waals surface area contributed by atoms with Crippen LogP contribution in [-0.2, 0) is 28.5 Å². The molecule has 0 bridgehead atoms. The number of hydrogen-bond acceptors (Lipinski definition) is 9. The van der Waals surface area contributed by atoms with Crippen LogP contribution in [-0.4, -0.2) is 61.5 Å². The zero-order valence-electron chi connectivity index (χ0n) is 13.7. The lowest BCUT2D eigenvalue weighted by atomic mass is 10.1. The van der Waals surface area contributed by atoms with Crippen molar-refractivity contribution in [3.8, 4) is 6.07 Å². The third-order valence-corrected chi connectivity index (χ3v) is 3.12. The molecule has 1 aromatic rings. The number of carbonyl (C=O) groups is 2. The lowest BCUT2D eigenvalue weighted by Crippen LogP contribution is -2.44. The van der Waals surface area contributed by atoms with E-state index >= 15 is 0 Å². The Kier molecular flexibility index (Phi) is 8.52. The number of nitrogens with zero attached hydrogens (tertiary/aromatic N) is 1. The average molecular weight is 353 g/mol. The highest BCUT2D eigenvalue weighted by atomic mass is 16.7. The van der Waals surface area contributed by atoms with E-state index in [0.717, 1.165) is 14.2 Å². The molecular weight excluding hydrogens is 334 g/mol. The summed E-state index contributed by atoms with van der Waals surface area (Å²) in [4.78, 5) is 23.1. The predicted molar refractivity (Wildman–Crippen MR) is 81.7 cm³/mol. The first-order valence-electron chi connectivity index (χ1n) is 7.18. The molecule has 0 aromatic heterocycles. The summed E-state index contributed by atoms with van der Waals surface area (Å²) in [5.41, 5.74) is 0.439. The number of benzene rings is 1. The molecule has 0 aliphatic rings. The van der Waals surface area contributed by atoms with Crippen LogP contribution in [0.1, 0.15) is 11.7 Å². The van der Waals surface area contributed by atoms with Crippen molar-refractivity contribution >= 4 is 11.9 Å². The molecule has 0 saturated carbocycles. The van der Waals surface area contributed by atoms with E-state index in [1.165, 1.54) is 0 Å². The Hall–Kier alpha value is -2.51. The number of aliphatic hydroxyl groups excluding tert-OH is 2. The van der Waals surface area contributed by atoms with E-state index in [4.69, 9.17) is 9.47 Å². The molecule has 0 radical (unpaired) electrons. The highest BCUT2D eigenvalue weighted by Crippen LogP contribution is 2.21. The monoisotopic (exact) mass is 353 g/mol. The van der Waals surface area contributed by atoms with Gasteiger partial charge in [-0.15, -0.1) is 0 Å². The Bertz CT molecular complexity index is 600. The maximum Gasteiger partial charge on any atom is 0.340 e. The van der Waals surface area contributed by atoms with Crippen LogP contribution in [0, 0.1) is 11.3 Å². The molecule has 1 rings (SSSR count). The number of methoxy groups -OCH3 is 2. The normalized spacial score (nSPS) is 15.3. The molecule has 0 fully saturated rings. The second-order valence-electron chi connectivity index (χ2n) is 4.72. The fourth-order valence-corrected chi connectivity index (χ4v) is 1.82. The molecule has 9 heteroatoms. The first-order valence-corrected chi connectivity index (χ1v) is 7.18. The number of carbonyl (C=O) groups excluding carboxylic acids is 2. The molecule has 0 amide bonds.